The van der Waals surface area contributed by atoms with Gasteiger partial charge in [0.05, 0.1) is 5.69 Å². The second-order valence-electron chi connectivity index (χ2n) is 8.78. The van der Waals surface area contributed by atoms with Gasteiger partial charge in [0, 0.05) is 35.6 Å². The van der Waals surface area contributed by atoms with E-state index in [9.17, 15) is 0 Å². The van der Waals surface area contributed by atoms with E-state index in [1.54, 1.807) is 0 Å². The Hall–Kier alpha value is -3.13. The first-order chi connectivity index (χ1) is 15.2. The van der Waals surface area contributed by atoms with Gasteiger partial charge in [-0.1, -0.05) is 79.9 Å². The highest BCUT2D eigenvalue weighted by Crippen LogP contribution is 2.42. The molecule has 0 aromatic heterocycles. The van der Waals surface area contributed by atoms with Gasteiger partial charge < -0.3 is 4.90 Å². The van der Waals surface area contributed by atoms with Gasteiger partial charge in [-0.15, -0.1) is 0 Å². The second kappa shape index (κ2) is 8.55. The maximum atomic E-state index is 4.86. The van der Waals surface area contributed by atoms with E-state index < -0.39 is 0 Å². The standard InChI is InChI=1S/C29H30N2/c1-21-28(26-15-9-10-16-27(26)30-21)29(22-11-5-3-6-12-22)23-17-19-25(20-18-23)31(2)24-13-7-4-8-14-24/h3,5-6,9-12,15-20,24H,4,7-8,13-14H2,1-2H3. The summed E-state index contributed by atoms with van der Waals surface area (Å²) in [4.78, 5) is 7.34. The molecule has 0 N–H and O–H groups in total. The minimum atomic E-state index is 0.669. The summed E-state index contributed by atoms with van der Waals surface area (Å²) in [5.74, 6) is 0. The lowest BCUT2D eigenvalue weighted by molar-refractivity contribution is 0.427. The molecular weight excluding hydrogens is 376 g/mol. The molecule has 2 nitrogen and oxygen atoms in total. The Balaban J connectivity index is 1.59. The van der Waals surface area contributed by atoms with Crippen LogP contribution in [0.4, 0.5) is 11.4 Å². The van der Waals surface area contributed by atoms with Crippen molar-refractivity contribution in [1.82, 2.24) is 0 Å². The van der Waals surface area contributed by atoms with Gasteiger partial charge in [0.2, 0.25) is 0 Å². The van der Waals surface area contributed by atoms with Gasteiger partial charge in [-0.05, 0) is 54.7 Å². The van der Waals surface area contributed by atoms with Gasteiger partial charge in [-0.3, -0.25) is 4.99 Å². The van der Waals surface area contributed by atoms with Crippen LogP contribution in [0.25, 0.3) is 11.1 Å². The number of hydrogen-bond donors (Lipinski definition) is 0. The first-order valence-electron chi connectivity index (χ1n) is 11.5. The predicted octanol–water partition coefficient (Wildman–Crippen LogP) is 7.52. The average Bonchev–Trinajstić information content (AvgIpc) is 3.16. The molecule has 0 spiro atoms. The lowest BCUT2D eigenvalue weighted by Gasteiger charge is -2.33. The monoisotopic (exact) mass is 406 g/mol. The molecule has 1 aliphatic heterocycles. The Labute approximate surface area is 186 Å². The molecular formula is C29H30N2. The van der Waals surface area contributed by atoms with E-state index in [0.29, 0.717) is 6.04 Å². The molecule has 5 rings (SSSR count). The van der Waals surface area contributed by atoms with Crippen molar-refractivity contribution in [2.75, 3.05) is 11.9 Å². The second-order valence-corrected chi connectivity index (χ2v) is 8.78. The average molecular weight is 407 g/mol. The molecule has 1 aliphatic carbocycles. The van der Waals surface area contributed by atoms with Crippen molar-refractivity contribution >= 4 is 28.2 Å². The summed E-state index contributed by atoms with van der Waals surface area (Å²) in [7, 11) is 2.26. The van der Waals surface area contributed by atoms with Crippen molar-refractivity contribution in [2.24, 2.45) is 4.99 Å². The Morgan fingerprint density at radius 1 is 0.774 bits per heavy atom. The molecule has 1 fully saturated rings. The zero-order valence-electron chi connectivity index (χ0n) is 18.5. The van der Waals surface area contributed by atoms with Gasteiger partial charge >= 0.3 is 0 Å². The van der Waals surface area contributed by atoms with Crippen molar-refractivity contribution in [3.63, 3.8) is 0 Å². The van der Waals surface area contributed by atoms with E-state index in [1.165, 1.54) is 65.6 Å². The summed E-state index contributed by atoms with van der Waals surface area (Å²) in [6.07, 6.45) is 6.72. The molecule has 2 heteroatoms. The number of aliphatic imine (C=N–C) groups is 1. The molecule has 0 atom stereocenters. The van der Waals surface area contributed by atoms with Crippen LogP contribution in [0.2, 0.25) is 0 Å². The number of para-hydroxylation sites is 1. The van der Waals surface area contributed by atoms with E-state index in [0.717, 1.165) is 11.4 Å². The summed E-state index contributed by atoms with van der Waals surface area (Å²) in [6, 6.07) is 29.0. The highest BCUT2D eigenvalue weighted by molar-refractivity contribution is 6.35. The van der Waals surface area contributed by atoms with Crippen LogP contribution in [-0.2, 0) is 0 Å². The van der Waals surface area contributed by atoms with Crippen molar-refractivity contribution < 1.29 is 0 Å². The molecule has 0 amide bonds. The number of fused-ring (bicyclic) bond motifs is 1. The molecule has 3 aromatic rings. The van der Waals surface area contributed by atoms with Crippen LogP contribution in [0.1, 0.15) is 55.7 Å². The summed E-state index contributed by atoms with van der Waals surface area (Å²) in [5.41, 5.74) is 9.67. The van der Waals surface area contributed by atoms with Crippen molar-refractivity contribution in [3.8, 4) is 0 Å². The molecule has 0 unspecified atom stereocenters. The van der Waals surface area contributed by atoms with Crippen LogP contribution in [-0.4, -0.2) is 18.8 Å². The molecule has 0 radical (unpaired) electrons. The summed E-state index contributed by atoms with van der Waals surface area (Å²) < 4.78 is 0. The third-order valence-corrected chi connectivity index (χ3v) is 6.82. The number of nitrogens with zero attached hydrogens (tertiary/aromatic N) is 2. The number of anilines is 1. The third kappa shape index (κ3) is 3.83. The molecule has 3 aromatic carbocycles. The molecule has 1 heterocycles. The fraction of sp³-hybridized carbons (Fsp3) is 0.276. The minimum Gasteiger partial charge on any atom is -0.372 e. The smallest absolute Gasteiger partial charge is 0.0712 e. The highest BCUT2D eigenvalue weighted by atomic mass is 15.1. The van der Waals surface area contributed by atoms with E-state index in [-0.39, 0.29) is 0 Å². The number of allylic oxidation sites excluding steroid dienone is 1. The number of benzene rings is 3. The molecule has 0 bridgehead atoms. The Morgan fingerprint density at radius 2 is 1.42 bits per heavy atom. The van der Waals surface area contributed by atoms with Crippen LogP contribution in [0.15, 0.2) is 83.9 Å². The lowest BCUT2D eigenvalue weighted by atomic mass is 9.88. The maximum absolute atomic E-state index is 4.86. The van der Waals surface area contributed by atoms with Crippen LogP contribution in [0, 0.1) is 0 Å². The van der Waals surface area contributed by atoms with E-state index >= 15 is 0 Å². The first kappa shape index (κ1) is 19.8. The highest BCUT2D eigenvalue weighted by Gasteiger charge is 2.23. The number of rotatable bonds is 4. The van der Waals surface area contributed by atoms with Crippen LogP contribution in [0.3, 0.4) is 0 Å². The topological polar surface area (TPSA) is 15.6 Å². The SMILES string of the molecule is CC1=Nc2ccccc2C1=C(c1ccccc1)c1ccc(N(C)C2CCCCC2)cc1. The van der Waals surface area contributed by atoms with Crippen LogP contribution < -0.4 is 4.90 Å². The molecule has 156 valence electrons. The van der Waals surface area contributed by atoms with E-state index in [1.807, 2.05) is 0 Å². The predicted molar refractivity (Wildman–Crippen MR) is 133 cm³/mol. The Morgan fingerprint density at radius 3 is 2.16 bits per heavy atom. The van der Waals surface area contributed by atoms with Gasteiger partial charge in [-0.25, -0.2) is 0 Å². The lowest BCUT2D eigenvalue weighted by Crippen LogP contribution is -2.33. The van der Waals surface area contributed by atoms with Crippen molar-refractivity contribution in [2.45, 2.75) is 45.1 Å². The summed E-state index contributed by atoms with van der Waals surface area (Å²) in [6.45, 7) is 2.13. The zero-order chi connectivity index (χ0) is 21.2. The van der Waals surface area contributed by atoms with Gasteiger partial charge in [-0.2, -0.15) is 0 Å². The van der Waals surface area contributed by atoms with Gasteiger partial charge in [0.1, 0.15) is 0 Å². The molecule has 0 saturated heterocycles. The van der Waals surface area contributed by atoms with Crippen molar-refractivity contribution in [3.05, 3.63) is 95.6 Å². The first-order valence-corrected chi connectivity index (χ1v) is 11.5. The number of hydrogen-bond acceptors (Lipinski definition) is 2. The minimum absolute atomic E-state index is 0.669. The zero-order valence-corrected chi connectivity index (χ0v) is 18.5. The summed E-state index contributed by atoms with van der Waals surface area (Å²) in [5, 5.41) is 0. The molecule has 2 aliphatic rings. The quantitative estimate of drug-likeness (QED) is 0.437. The normalized spacial score (nSPS) is 17.8. The maximum Gasteiger partial charge on any atom is 0.0712 e. The molecule has 1 saturated carbocycles. The van der Waals surface area contributed by atoms with E-state index in [2.05, 4.69) is 97.7 Å². The molecule has 31 heavy (non-hydrogen) atoms. The van der Waals surface area contributed by atoms with Gasteiger partial charge in [0.25, 0.3) is 0 Å². The van der Waals surface area contributed by atoms with Crippen LogP contribution >= 0.6 is 0 Å². The fourth-order valence-corrected chi connectivity index (χ4v) is 5.13. The Kier molecular flexibility index (Phi) is 5.46. The van der Waals surface area contributed by atoms with E-state index in [4.69, 9.17) is 4.99 Å². The fourth-order valence-electron chi connectivity index (χ4n) is 5.13. The third-order valence-electron chi connectivity index (χ3n) is 6.82. The largest absolute Gasteiger partial charge is 0.372 e. The Bertz CT molecular complexity index is 1120. The van der Waals surface area contributed by atoms with Crippen molar-refractivity contribution in [1.29, 1.82) is 0 Å². The summed E-state index contributed by atoms with van der Waals surface area (Å²) >= 11 is 0. The van der Waals surface area contributed by atoms with Gasteiger partial charge in [0.15, 0.2) is 0 Å². The van der Waals surface area contributed by atoms with Crippen LogP contribution in [0.5, 0.6) is 0 Å².